The number of pyridine rings is 1. The van der Waals surface area contributed by atoms with Gasteiger partial charge < -0.3 is 14.6 Å². The number of rotatable bonds is 2. The van der Waals surface area contributed by atoms with Crippen molar-refractivity contribution in [2.45, 2.75) is 0 Å². The SMILES string of the molecule is Fc1ccc(-c2c[nH]c3nccc(N4CCOCC4)c23)cc1. The van der Waals surface area contributed by atoms with E-state index in [1.165, 1.54) is 12.1 Å². The van der Waals surface area contributed by atoms with E-state index in [-0.39, 0.29) is 5.82 Å². The lowest BCUT2D eigenvalue weighted by Crippen LogP contribution is -2.36. The van der Waals surface area contributed by atoms with E-state index in [4.69, 9.17) is 4.74 Å². The first kappa shape index (κ1) is 13.3. The molecule has 0 radical (unpaired) electrons. The number of hydrogen-bond donors (Lipinski definition) is 1. The summed E-state index contributed by atoms with van der Waals surface area (Å²) in [6.07, 6.45) is 3.76. The van der Waals surface area contributed by atoms with Gasteiger partial charge in [-0.05, 0) is 23.8 Å². The van der Waals surface area contributed by atoms with Gasteiger partial charge in [-0.3, -0.25) is 0 Å². The van der Waals surface area contributed by atoms with Gasteiger partial charge in [-0.15, -0.1) is 0 Å². The molecule has 5 heteroatoms. The number of anilines is 1. The number of morpholine rings is 1. The van der Waals surface area contributed by atoms with Crippen molar-refractivity contribution in [2.24, 2.45) is 0 Å². The second kappa shape index (κ2) is 5.42. The van der Waals surface area contributed by atoms with Gasteiger partial charge in [-0.1, -0.05) is 12.1 Å². The first-order valence-electron chi connectivity index (χ1n) is 7.37. The molecule has 3 heterocycles. The van der Waals surface area contributed by atoms with Crippen LogP contribution in [0.15, 0.2) is 42.7 Å². The summed E-state index contributed by atoms with van der Waals surface area (Å²) in [7, 11) is 0. The summed E-state index contributed by atoms with van der Waals surface area (Å²) < 4.78 is 18.6. The molecule has 0 unspecified atom stereocenters. The molecule has 2 aromatic heterocycles. The Hall–Kier alpha value is -2.40. The molecule has 1 fully saturated rings. The van der Waals surface area contributed by atoms with E-state index in [2.05, 4.69) is 14.9 Å². The highest BCUT2D eigenvalue weighted by atomic mass is 19.1. The average molecular weight is 297 g/mol. The minimum Gasteiger partial charge on any atom is -0.378 e. The summed E-state index contributed by atoms with van der Waals surface area (Å²) in [5.74, 6) is -0.227. The second-order valence-corrected chi connectivity index (χ2v) is 5.36. The standard InChI is InChI=1S/C17H16FN3O/c18-13-3-1-12(2-4-13)14-11-20-17-16(14)15(5-6-19-17)21-7-9-22-10-8-21/h1-6,11H,7-10H2,(H,19,20). The van der Waals surface area contributed by atoms with Crippen LogP contribution in [-0.4, -0.2) is 36.3 Å². The number of halogens is 1. The molecular formula is C17H16FN3O. The van der Waals surface area contributed by atoms with E-state index in [0.29, 0.717) is 0 Å². The van der Waals surface area contributed by atoms with Gasteiger partial charge in [0, 0.05) is 36.4 Å². The zero-order chi connectivity index (χ0) is 14.9. The van der Waals surface area contributed by atoms with Gasteiger partial charge in [0.2, 0.25) is 0 Å². The molecule has 0 bridgehead atoms. The van der Waals surface area contributed by atoms with Crippen LogP contribution in [0.4, 0.5) is 10.1 Å². The molecule has 0 spiro atoms. The van der Waals surface area contributed by atoms with Crippen molar-refractivity contribution in [3.63, 3.8) is 0 Å². The highest BCUT2D eigenvalue weighted by molar-refractivity contribution is 6.02. The molecule has 0 aliphatic carbocycles. The molecular weight excluding hydrogens is 281 g/mol. The third-order valence-corrected chi connectivity index (χ3v) is 4.06. The van der Waals surface area contributed by atoms with Crippen molar-refractivity contribution in [1.82, 2.24) is 9.97 Å². The molecule has 3 aromatic rings. The largest absolute Gasteiger partial charge is 0.378 e. The van der Waals surface area contributed by atoms with Gasteiger partial charge >= 0.3 is 0 Å². The van der Waals surface area contributed by atoms with Crippen LogP contribution in [0.3, 0.4) is 0 Å². The van der Waals surface area contributed by atoms with E-state index < -0.39 is 0 Å². The number of fused-ring (bicyclic) bond motifs is 1. The number of benzene rings is 1. The molecule has 0 atom stereocenters. The molecule has 112 valence electrons. The van der Waals surface area contributed by atoms with Crippen molar-refractivity contribution in [1.29, 1.82) is 0 Å². The Morgan fingerprint density at radius 2 is 1.86 bits per heavy atom. The zero-order valence-electron chi connectivity index (χ0n) is 12.1. The van der Waals surface area contributed by atoms with Crippen molar-refractivity contribution < 1.29 is 9.13 Å². The Kier molecular flexibility index (Phi) is 3.27. The lowest BCUT2D eigenvalue weighted by Gasteiger charge is -2.29. The third kappa shape index (κ3) is 2.23. The molecule has 1 N–H and O–H groups in total. The Balaban J connectivity index is 1.87. The number of nitrogens with one attached hydrogen (secondary N) is 1. The van der Waals surface area contributed by atoms with Gasteiger partial charge in [0.15, 0.2) is 0 Å². The maximum atomic E-state index is 13.2. The molecule has 1 saturated heterocycles. The van der Waals surface area contributed by atoms with Gasteiger partial charge in [0.25, 0.3) is 0 Å². The van der Waals surface area contributed by atoms with Crippen molar-refractivity contribution >= 4 is 16.7 Å². The second-order valence-electron chi connectivity index (χ2n) is 5.36. The summed E-state index contributed by atoms with van der Waals surface area (Å²) in [6, 6.07) is 8.61. The zero-order valence-corrected chi connectivity index (χ0v) is 12.1. The number of nitrogens with zero attached hydrogens (tertiary/aromatic N) is 2. The van der Waals surface area contributed by atoms with E-state index in [1.54, 1.807) is 12.1 Å². The molecule has 4 rings (SSSR count). The van der Waals surface area contributed by atoms with Crippen LogP contribution in [0, 0.1) is 5.82 Å². The molecule has 0 saturated carbocycles. The van der Waals surface area contributed by atoms with Crippen LogP contribution in [0.5, 0.6) is 0 Å². The normalized spacial score (nSPS) is 15.4. The number of aromatic nitrogens is 2. The Morgan fingerprint density at radius 1 is 1.09 bits per heavy atom. The predicted molar refractivity (Wildman–Crippen MR) is 84.5 cm³/mol. The summed E-state index contributed by atoms with van der Waals surface area (Å²) in [5, 5.41) is 1.08. The van der Waals surface area contributed by atoms with Crippen LogP contribution >= 0.6 is 0 Å². The van der Waals surface area contributed by atoms with Crippen LogP contribution < -0.4 is 4.90 Å². The lowest BCUT2D eigenvalue weighted by molar-refractivity contribution is 0.123. The predicted octanol–water partition coefficient (Wildman–Crippen LogP) is 3.21. The Bertz CT molecular complexity index is 791. The number of aromatic amines is 1. The molecule has 0 amide bonds. The summed E-state index contributed by atoms with van der Waals surface area (Å²) in [4.78, 5) is 9.94. The first-order valence-corrected chi connectivity index (χ1v) is 7.37. The first-order chi connectivity index (χ1) is 10.8. The number of ether oxygens (including phenoxy) is 1. The fourth-order valence-electron chi connectivity index (χ4n) is 2.96. The number of H-pyrrole nitrogens is 1. The number of hydrogen-bond acceptors (Lipinski definition) is 3. The Labute approximate surface area is 127 Å². The fraction of sp³-hybridized carbons (Fsp3) is 0.235. The van der Waals surface area contributed by atoms with Gasteiger partial charge in [0.05, 0.1) is 18.9 Å². The van der Waals surface area contributed by atoms with Crippen molar-refractivity contribution in [3.05, 3.63) is 48.5 Å². The summed E-state index contributed by atoms with van der Waals surface area (Å²) >= 11 is 0. The molecule has 1 aromatic carbocycles. The van der Waals surface area contributed by atoms with Gasteiger partial charge in [-0.2, -0.15) is 0 Å². The van der Waals surface area contributed by atoms with E-state index in [1.807, 2.05) is 18.5 Å². The fourth-order valence-corrected chi connectivity index (χ4v) is 2.96. The van der Waals surface area contributed by atoms with Gasteiger partial charge in [0.1, 0.15) is 11.5 Å². The minimum absolute atomic E-state index is 0.227. The van der Waals surface area contributed by atoms with Crippen LogP contribution in [0.2, 0.25) is 0 Å². The third-order valence-electron chi connectivity index (χ3n) is 4.06. The molecule has 1 aliphatic heterocycles. The molecule has 1 aliphatic rings. The lowest BCUT2D eigenvalue weighted by atomic mass is 10.0. The Morgan fingerprint density at radius 3 is 2.64 bits per heavy atom. The van der Waals surface area contributed by atoms with Crippen LogP contribution in [0.1, 0.15) is 0 Å². The highest BCUT2D eigenvalue weighted by Crippen LogP contribution is 2.35. The summed E-state index contributed by atoms with van der Waals surface area (Å²) in [6.45, 7) is 3.21. The minimum atomic E-state index is -0.227. The monoisotopic (exact) mass is 297 g/mol. The molecule has 22 heavy (non-hydrogen) atoms. The van der Waals surface area contributed by atoms with E-state index in [9.17, 15) is 4.39 Å². The maximum absolute atomic E-state index is 13.2. The average Bonchev–Trinajstić information content (AvgIpc) is 3.00. The topological polar surface area (TPSA) is 41.2 Å². The van der Waals surface area contributed by atoms with E-state index in [0.717, 1.165) is 54.2 Å². The van der Waals surface area contributed by atoms with Gasteiger partial charge in [-0.25, -0.2) is 9.37 Å². The van der Waals surface area contributed by atoms with Crippen molar-refractivity contribution in [2.75, 3.05) is 31.2 Å². The highest BCUT2D eigenvalue weighted by Gasteiger charge is 2.18. The quantitative estimate of drug-likeness (QED) is 0.789. The maximum Gasteiger partial charge on any atom is 0.139 e. The van der Waals surface area contributed by atoms with Crippen LogP contribution in [0.25, 0.3) is 22.2 Å². The summed E-state index contributed by atoms with van der Waals surface area (Å²) in [5.41, 5.74) is 4.02. The smallest absolute Gasteiger partial charge is 0.139 e. The van der Waals surface area contributed by atoms with E-state index >= 15 is 0 Å². The van der Waals surface area contributed by atoms with Crippen molar-refractivity contribution in [3.8, 4) is 11.1 Å². The van der Waals surface area contributed by atoms with Crippen LogP contribution in [-0.2, 0) is 4.74 Å². The molecule has 4 nitrogen and oxygen atoms in total.